The first-order valence-electron chi connectivity index (χ1n) is 9.82. The number of halogens is 2. The first-order valence-corrected chi connectivity index (χ1v) is 11.3. The van der Waals surface area contributed by atoms with Gasteiger partial charge in [0.05, 0.1) is 0 Å². The fourth-order valence-corrected chi connectivity index (χ4v) is 4.66. The molecule has 1 aliphatic rings. The highest BCUT2D eigenvalue weighted by molar-refractivity contribution is 7.89. The average Bonchev–Trinajstić information content (AvgIpc) is 2.71. The first-order chi connectivity index (χ1) is 14.2. The summed E-state index contributed by atoms with van der Waals surface area (Å²) in [6.07, 6.45) is 0. The molecule has 0 saturated carbocycles. The maximum absolute atomic E-state index is 14.0. The second kappa shape index (κ2) is 9.38. The SMILES string of the molecule is CN1CCN(C(CNS(=O)(=O)c2cc(F)ccc2F)c2ccc(N(C)C)cc2)CC1. The molecule has 9 heteroatoms. The zero-order valence-corrected chi connectivity index (χ0v) is 18.3. The number of anilines is 1. The number of benzene rings is 2. The molecule has 0 amide bonds. The van der Waals surface area contributed by atoms with E-state index in [1.165, 1.54) is 0 Å². The van der Waals surface area contributed by atoms with E-state index in [0.717, 1.165) is 49.6 Å². The number of hydrogen-bond acceptors (Lipinski definition) is 5. The number of likely N-dealkylation sites (N-methyl/N-ethyl adjacent to an activating group) is 1. The van der Waals surface area contributed by atoms with Gasteiger partial charge in [0.15, 0.2) is 0 Å². The van der Waals surface area contributed by atoms with Crippen molar-refractivity contribution >= 4 is 15.7 Å². The van der Waals surface area contributed by atoms with Crippen molar-refractivity contribution in [2.24, 2.45) is 0 Å². The van der Waals surface area contributed by atoms with Gasteiger partial charge in [0.1, 0.15) is 16.5 Å². The van der Waals surface area contributed by atoms with Crippen LogP contribution in [0.2, 0.25) is 0 Å². The van der Waals surface area contributed by atoms with Crippen LogP contribution in [0.15, 0.2) is 47.4 Å². The quantitative estimate of drug-likeness (QED) is 0.719. The second-order valence-electron chi connectivity index (χ2n) is 7.77. The van der Waals surface area contributed by atoms with Gasteiger partial charge in [-0.15, -0.1) is 0 Å². The van der Waals surface area contributed by atoms with Gasteiger partial charge in [0.25, 0.3) is 0 Å². The molecule has 3 rings (SSSR count). The molecule has 2 aromatic carbocycles. The summed E-state index contributed by atoms with van der Waals surface area (Å²) in [6, 6.07) is 10.1. The summed E-state index contributed by atoms with van der Waals surface area (Å²) in [5.41, 5.74) is 2.01. The van der Waals surface area contributed by atoms with Crippen LogP contribution >= 0.6 is 0 Å². The van der Waals surface area contributed by atoms with Crippen LogP contribution < -0.4 is 9.62 Å². The van der Waals surface area contributed by atoms with E-state index < -0.39 is 26.6 Å². The van der Waals surface area contributed by atoms with Crippen molar-refractivity contribution in [3.05, 3.63) is 59.7 Å². The van der Waals surface area contributed by atoms with E-state index in [1.54, 1.807) is 0 Å². The molecule has 0 aliphatic carbocycles. The zero-order chi connectivity index (χ0) is 21.9. The third-order valence-electron chi connectivity index (χ3n) is 5.42. The molecular formula is C21H28F2N4O2S. The van der Waals surface area contributed by atoms with Gasteiger partial charge in [-0.2, -0.15) is 0 Å². The van der Waals surface area contributed by atoms with E-state index in [1.807, 2.05) is 50.3 Å². The Hall–Kier alpha value is -2.07. The Kier molecular flexibility index (Phi) is 7.07. The topological polar surface area (TPSA) is 55.9 Å². The van der Waals surface area contributed by atoms with Crippen molar-refractivity contribution in [1.29, 1.82) is 0 Å². The molecule has 1 N–H and O–H groups in total. The van der Waals surface area contributed by atoms with E-state index >= 15 is 0 Å². The van der Waals surface area contributed by atoms with Gasteiger partial charge < -0.3 is 9.80 Å². The number of sulfonamides is 1. The van der Waals surface area contributed by atoms with Crippen LogP contribution in [0.3, 0.4) is 0 Å². The Morgan fingerprint density at radius 1 is 1.03 bits per heavy atom. The molecule has 164 valence electrons. The lowest BCUT2D eigenvalue weighted by atomic mass is 10.0. The summed E-state index contributed by atoms with van der Waals surface area (Å²) >= 11 is 0. The number of rotatable bonds is 7. The summed E-state index contributed by atoms with van der Waals surface area (Å²) in [5.74, 6) is -1.78. The van der Waals surface area contributed by atoms with Crippen molar-refractivity contribution in [2.75, 3.05) is 58.8 Å². The lowest BCUT2D eigenvalue weighted by Crippen LogP contribution is -2.48. The first kappa shape index (κ1) is 22.6. The molecule has 0 spiro atoms. The Morgan fingerprint density at radius 3 is 2.27 bits per heavy atom. The highest BCUT2D eigenvalue weighted by Gasteiger charge is 2.27. The summed E-state index contributed by atoms with van der Waals surface area (Å²) in [7, 11) is 1.76. The van der Waals surface area contributed by atoms with Crippen LogP contribution in [0, 0.1) is 11.6 Å². The molecule has 0 radical (unpaired) electrons. The number of nitrogens with one attached hydrogen (secondary N) is 1. The molecule has 1 heterocycles. The van der Waals surface area contributed by atoms with Crippen molar-refractivity contribution in [3.8, 4) is 0 Å². The molecule has 0 bridgehead atoms. The minimum atomic E-state index is -4.20. The molecule has 1 saturated heterocycles. The highest BCUT2D eigenvalue weighted by Crippen LogP contribution is 2.25. The van der Waals surface area contributed by atoms with Crippen LogP contribution in [0.1, 0.15) is 11.6 Å². The van der Waals surface area contributed by atoms with E-state index in [9.17, 15) is 17.2 Å². The van der Waals surface area contributed by atoms with Gasteiger partial charge in [-0.05, 0) is 42.9 Å². The Morgan fingerprint density at radius 2 is 1.67 bits per heavy atom. The summed E-state index contributed by atoms with van der Waals surface area (Å²) in [5, 5.41) is 0. The van der Waals surface area contributed by atoms with Crippen molar-refractivity contribution in [1.82, 2.24) is 14.5 Å². The van der Waals surface area contributed by atoms with Crippen LogP contribution in [0.4, 0.5) is 14.5 Å². The summed E-state index contributed by atoms with van der Waals surface area (Å²) in [6.45, 7) is 3.37. The van der Waals surface area contributed by atoms with Crippen LogP contribution in [-0.4, -0.2) is 72.1 Å². The summed E-state index contributed by atoms with van der Waals surface area (Å²) in [4.78, 5) is 5.75. The Bertz CT molecular complexity index is 959. The summed E-state index contributed by atoms with van der Waals surface area (Å²) < 4.78 is 55.3. The van der Waals surface area contributed by atoms with E-state index in [4.69, 9.17) is 0 Å². The number of piperazine rings is 1. The van der Waals surface area contributed by atoms with E-state index in [-0.39, 0.29) is 12.6 Å². The van der Waals surface area contributed by atoms with Crippen molar-refractivity contribution in [3.63, 3.8) is 0 Å². The van der Waals surface area contributed by atoms with Gasteiger partial charge in [-0.3, -0.25) is 4.90 Å². The predicted molar refractivity (Wildman–Crippen MR) is 114 cm³/mol. The number of nitrogens with zero attached hydrogens (tertiary/aromatic N) is 3. The smallest absolute Gasteiger partial charge is 0.243 e. The molecule has 6 nitrogen and oxygen atoms in total. The minimum absolute atomic E-state index is 0.0588. The standard InChI is InChI=1S/C21H28F2N4O2S/c1-25(2)18-7-4-16(5-8-18)20(27-12-10-26(3)11-13-27)15-24-30(28,29)21-14-17(22)6-9-19(21)23/h4-9,14,20,24H,10-13,15H2,1-3H3. The van der Waals surface area contributed by atoms with Crippen LogP contribution in [0.5, 0.6) is 0 Å². The third kappa shape index (κ3) is 5.34. The molecule has 1 aliphatic heterocycles. The fraction of sp³-hybridized carbons (Fsp3) is 0.429. The highest BCUT2D eigenvalue weighted by atomic mass is 32.2. The average molecular weight is 439 g/mol. The Labute approximate surface area is 177 Å². The molecule has 1 unspecified atom stereocenters. The van der Waals surface area contributed by atoms with Crippen LogP contribution in [-0.2, 0) is 10.0 Å². The lowest BCUT2D eigenvalue weighted by molar-refractivity contribution is 0.113. The normalized spacial score (nSPS) is 17.1. The maximum atomic E-state index is 14.0. The third-order valence-corrected chi connectivity index (χ3v) is 6.86. The molecular weight excluding hydrogens is 410 g/mol. The minimum Gasteiger partial charge on any atom is -0.378 e. The second-order valence-corrected chi connectivity index (χ2v) is 9.50. The molecule has 30 heavy (non-hydrogen) atoms. The molecule has 1 atom stereocenters. The van der Waals surface area contributed by atoms with Crippen LogP contribution in [0.25, 0.3) is 0 Å². The maximum Gasteiger partial charge on any atom is 0.243 e. The zero-order valence-electron chi connectivity index (χ0n) is 17.5. The largest absolute Gasteiger partial charge is 0.378 e. The molecule has 1 fully saturated rings. The van der Waals surface area contributed by atoms with Gasteiger partial charge in [-0.1, -0.05) is 12.1 Å². The predicted octanol–water partition coefficient (Wildman–Crippen LogP) is 2.30. The molecule has 2 aromatic rings. The van der Waals surface area contributed by atoms with E-state index in [0.29, 0.717) is 6.07 Å². The Balaban J connectivity index is 1.84. The van der Waals surface area contributed by atoms with Crippen molar-refractivity contribution < 1.29 is 17.2 Å². The van der Waals surface area contributed by atoms with Gasteiger partial charge >= 0.3 is 0 Å². The monoisotopic (exact) mass is 438 g/mol. The lowest BCUT2D eigenvalue weighted by Gasteiger charge is -2.38. The number of hydrogen-bond donors (Lipinski definition) is 1. The van der Waals surface area contributed by atoms with E-state index in [2.05, 4.69) is 14.5 Å². The van der Waals surface area contributed by atoms with Crippen molar-refractivity contribution in [2.45, 2.75) is 10.9 Å². The van der Waals surface area contributed by atoms with Gasteiger partial charge in [0.2, 0.25) is 10.0 Å². The van der Waals surface area contributed by atoms with Gasteiger partial charge in [0, 0.05) is 58.5 Å². The fourth-order valence-electron chi connectivity index (χ4n) is 3.54. The van der Waals surface area contributed by atoms with Gasteiger partial charge in [-0.25, -0.2) is 21.9 Å². The molecule has 0 aromatic heterocycles.